The SMILES string of the molecule is Nc1cc(Br)ccc1NS(N)(=O)=O. The van der Waals surface area contributed by atoms with Crippen molar-refractivity contribution in [2.45, 2.75) is 0 Å². The summed E-state index contributed by atoms with van der Waals surface area (Å²) in [7, 11) is -3.76. The molecule has 0 spiro atoms. The van der Waals surface area contributed by atoms with Crippen LogP contribution in [0.25, 0.3) is 0 Å². The van der Waals surface area contributed by atoms with E-state index in [0.717, 1.165) is 4.47 Å². The molecule has 0 heterocycles. The number of anilines is 2. The molecule has 1 rings (SSSR count). The highest BCUT2D eigenvalue weighted by molar-refractivity contribution is 9.10. The molecule has 0 aliphatic carbocycles. The van der Waals surface area contributed by atoms with Crippen molar-refractivity contribution >= 4 is 37.5 Å². The van der Waals surface area contributed by atoms with Crippen LogP contribution in [0, 0.1) is 0 Å². The fourth-order valence-electron chi connectivity index (χ4n) is 0.780. The topological polar surface area (TPSA) is 98.2 Å². The number of benzene rings is 1. The van der Waals surface area contributed by atoms with Gasteiger partial charge in [0.25, 0.3) is 10.2 Å². The summed E-state index contributed by atoms with van der Waals surface area (Å²) < 4.78 is 24.1. The first-order valence-electron chi connectivity index (χ1n) is 3.24. The minimum atomic E-state index is -3.76. The van der Waals surface area contributed by atoms with E-state index in [9.17, 15) is 8.42 Å². The van der Waals surface area contributed by atoms with Crippen LogP contribution in [-0.4, -0.2) is 8.42 Å². The minimum absolute atomic E-state index is 0.269. The van der Waals surface area contributed by atoms with Gasteiger partial charge in [-0.25, -0.2) is 5.14 Å². The monoisotopic (exact) mass is 265 g/mol. The van der Waals surface area contributed by atoms with Gasteiger partial charge in [-0.3, -0.25) is 4.72 Å². The van der Waals surface area contributed by atoms with Crippen LogP contribution < -0.4 is 15.6 Å². The van der Waals surface area contributed by atoms with E-state index in [1.165, 1.54) is 6.07 Å². The van der Waals surface area contributed by atoms with Crippen molar-refractivity contribution in [2.75, 3.05) is 10.5 Å². The standard InChI is InChI=1S/C6H8BrN3O2S/c7-4-1-2-6(5(8)3-4)10-13(9,11)12/h1-3,10H,8H2,(H2,9,11,12). The van der Waals surface area contributed by atoms with Gasteiger partial charge in [0, 0.05) is 4.47 Å². The van der Waals surface area contributed by atoms with Crippen molar-refractivity contribution in [1.29, 1.82) is 0 Å². The highest BCUT2D eigenvalue weighted by atomic mass is 79.9. The first kappa shape index (κ1) is 10.3. The van der Waals surface area contributed by atoms with Crippen LogP contribution in [0.3, 0.4) is 0 Å². The average Bonchev–Trinajstić information content (AvgIpc) is 1.93. The Morgan fingerprint density at radius 3 is 2.46 bits per heavy atom. The van der Waals surface area contributed by atoms with Gasteiger partial charge in [-0.05, 0) is 18.2 Å². The number of nitrogens with two attached hydrogens (primary N) is 2. The molecule has 0 aliphatic heterocycles. The normalized spacial score (nSPS) is 11.2. The summed E-state index contributed by atoms with van der Waals surface area (Å²) in [4.78, 5) is 0. The van der Waals surface area contributed by atoms with Crippen molar-refractivity contribution in [2.24, 2.45) is 5.14 Å². The van der Waals surface area contributed by atoms with E-state index in [-0.39, 0.29) is 5.69 Å². The number of rotatable bonds is 2. The van der Waals surface area contributed by atoms with Gasteiger partial charge >= 0.3 is 0 Å². The first-order valence-corrected chi connectivity index (χ1v) is 5.58. The lowest BCUT2D eigenvalue weighted by atomic mass is 10.3. The van der Waals surface area contributed by atoms with Crippen molar-refractivity contribution in [3.8, 4) is 0 Å². The highest BCUT2D eigenvalue weighted by Gasteiger charge is 2.05. The molecule has 7 heteroatoms. The predicted octanol–water partition coefficient (Wildman–Crippen LogP) is 0.647. The Morgan fingerprint density at radius 1 is 1.38 bits per heavy atom. The maximum Gasteiger partial charge on any atom is 0.296 e. The minimum Gasteiger partial charge on any atom is -0.397 e. The molecule has 13 heavy (non-hydrogen) atoms. The number of hydrogen-bond donors (Lipinski definition) is 3. The average molecular weight is 266 g/mol. The van der Waals surface area contributed by atoms with E-state index < -0.39 is 10.2 Å². The summed E-state index contributed by atoms with van der Waals surface area (Å²) in [6.07, 6.45) is 0. The maximum absolute atomic E-state index is 10.6. The molecule has 0 fully saturated rings. The van der Waals surface area contributed by atoms with E-state index in [4.69, 9.17) is 10.9 Å². The lowest BCUT2D eigenvalue weighted by Crippen LogP contribution is -2.22. The number of nitrogen functional groups attached to an aromatic ring is 1. The Morgan fingerprint density at radius 2 is 2.00 bits per heavy atom. The molecular weight excluding hydrogens is 258 g/mol. The summed E-state index contributed by atoms with van der Waals surface area (Å²) >= 11 is 3.19. The van der Waals surface area contributed by atoms with Crippen LogP contribution in [0.5, 0.6) is 0 Å². The van der Waals surface area contributed by atoms with Gasteiger partial charge in [0.05, 0.1) is 11.4 Å². The van der Waals surface area contributed by atoms with Crippen molar-refractivity contribution in [3.63, 3.8) is 0 Å². The van der Waals surface area contributed by atoms with Crippen LogP contribution in [0.1, 0.15) is 0 Å². The second-order valence-corrected chi connectivity index (χ2v) is 4.59. The zero-order valence-electron chi connectivity index (χ0n) is 6.49. The van der Waals surface area contributed by atoms with E-state index in [1.54, 1.807) is 12.1 Å². The zero-order chi connectivity index (χ0) is 10.1. The molecular formula is C6H8BrN3O2S. The fraction of sp³-hybridized carbons (Fsp3) is 0. The van der Waals surface area contributed by atoms with Gasteiger partial charge in [-0.15, -0.1) is 0 Å². The van der Waals surface area contributed by atoms with Gasteiger partial charge in [0.1, 0.15) is 0 Å². The van der Waals surface area contributed by atoms with Crippen molar-refractivity contribution < 1.29 is 8.42 Å². The predicted molar refractivity (Wildman–Crippen MR) is 55.3 cm³/mol. The molecule has 0 unspecified atom stereocenters. The van der Waals surface area contributed by atoms with Gasteiger partial charge < -0.3 is 5.73 Å². The maximum atomic E-state index is 10.6. The van der Waals surface area contributed by atoms with E-state index >= 15 is 0 Å². The molecule has 0 amide bonds. The van der Waals surface area contributed by atoms with Crippen molar-refractivity contribution in [3.05, 3.63) is 22.7 Å². The van der Waals surface area contributed by atoms with Crippen LogP contribution in [0.4, 0.5) is 11.4 Å². The molecule has 1 aromatic carbocycles. The van der Waals surface area contributed by atoms with Crippen molar-refractivity contribution in [1.82, 2.24) is 0 Å². The first-order chi connectivity index (χ1) is 5.88. The molecule has 0 atom stereocenters. The summed E-state index contributed by atoms with van der Waals surface area (Å²) in [5.41, 5.74) is 6.09. The molecule has 0 radical (unpaired) electrons. The second kappa shape index (κ2) is 3.52. The fourth-order valence-corrected chi connectivity index (χ4v) is 1.65. The van der Waals surface area contributed by atoms with Crippen LogP contribution in [0.2, 0.25) is 0 Å². The quantitative estimate of drug-likeness (QED) is 0.685. The van der Waals surface area contributed by atoms with E-state index in [0.29, 0.717) is 5.69 Å². The molecule has 1 aromatic rings. The Kier molecular flexibility index (Phi) is 2.79. The third-order valence-corrected chi connectivity index (χ3v) is 2.26. The lowest BCUT2D eigenvalue weighted by Gasteiger charge is -2.06. The zero-order valence-corrected chi connectivity index (χ0v) is 8.89. The van der Waals surface area contributed by atoms with Gasteiger partial charge in [-0.2, -0.15) is 8.42 Å². The number of hydrogen-bond acceptors (Lipinski definition) is 3. The molecule has 0 aliphatic rings. The highest BCUT2D eigenvalue weighted by Crippen LogP contribution is 2.23. The van der Waals surface area contributed by atoms with Crippen LogP contribution in [0.15, 0.2) is 22.7 Å². The molecule has 0 saturated heterocycles. The summed E-state index contributed by atoms with van der Waals surface area (Å²) in [5, 5.41) is 4.77. The lowest BCUT2D eigenvalue weighted by molar-refractivity contribution is 0.603. The Labute approximate surface area is 84.4 Å². The summed E-state index contributed by atoms with van der Waals surface area (Å²) in [5.74, 6) is 0. The number of nitrogens with one attached hydrogen (secondary N) is 1. The van der Waals surface area contributed by atoms with Gasteiger partial charge in [-0.1, -0.05) is 15.9 Å². The number of halogens is 1. The van der Waals surface area contributed by atoms with Crippen LogP contribution >= 0.6 is 15.9 Å². The molecule has 5 N–H and O–H groups in total. The third-order valence-electron chi connectivity index (χ3n) is 1.27. The van der Waals surface area contributed by atoms with Gasteiger partial charge in [0.2, 0.25) is 0 Å². The molecule has 72 valence electrons. The van der Waals surface area contributed by atoms with E-state index in [2.05, 4.69) is 20.7 Å². The molecule has 0 saturated carbocycles. The largest absolute Gasteiger partial charge is 0.397 e. The van der Waals surface area contributed by atoms with Gasteiger partial charge in [0.15, 0.2) is 0 Å². The van der Waals surface area contributed by atoms with E-state index in [1.807, 2.05) is 0 Å². The molecule has 0 aromatic heterocycles. The molecule has 5 nitrogen and oxygen atoms in total. The smallest absolute Gasteiger partial charge is 0.296 e. The summed E-state index contributed by atoms with van der Waals surface area (Å²) in [6, 6.07) is 4.75. The second-order valence-electron chi connectivity index (χ2n) is 2.38. The van der Waals surface area contributed by atoms with Crippen LogP contribution in [-0.2, 0) is 10.2 Å². The third kappa shape index (κ3) is 3.21. The molecule has 0 bridgehead atoms. The summed E-state index contributed by atoms with van der Waals surface area (Å²) in [6.45, 7) is 0. The Bertz CT molecular complexity index is 418. The Hall–Kier alpha value is -0.790. The Balaban J connectivity index is 3.04.